The molecule has 0 aliphatic carbocycles. The molecule has 0 fully saturated rings. The summed E-state index contributed by atoms with van der Waals surface area (Å²) >= 11 is 6.64. The first kappa shape index (κ1) is 14.1. The van der Waals surface area contributed by atoms with Gasteiger partial charge in [-0.3, -0.25) is 0 Å². The predicted molar refractivity (Wildman–Crippen MR) is 79.4 cm³/mol. The maximum Gasteiger partial charge on any atom is 0.349 e. The Bertz CT molecular complexity index is 567. The van der Waals surface area contributed by atoms with E-state index in [2.05, 4.69) is 31.9 Å². The van der Waals surface area contributed by atoms with Crippen LogP contribution < -0.4 is 9.47 Å². The van der Waals surface area contributed by atoms with Crippen molar-refractivity contribution >= 4 is 37.8 Å². The summed E-state index contributed by atoms with van der Waals surface area (Å²) in [4.78, 5) is 11.6. The first-order valence-corrected chi connectivity index (χ1v) is 7.07. The highest BCUT2D eigenvalue weighted by atomic mass is 79.9. The van der Waals surface area contributed by atoms with Gasteiger partial charge in [-0.1, -0.05) is 37.9 Å². The topological polar surface area (TPSA) is 35.5 Å². The largest absolute Gasteiger partial charge is 0.482 e. The number of carbonyl (C=O) groups excluding carboxylic acids is 1. The molecule has 19 heavy (non-hydrogen) atoms. The van der Waals surface area contributed by atoms with E-state index in [1.165, 1.54) is 0 Å². The standard InChI is InChI=1S/C14H10Br2O3/c15-10-4-6-12(7-5-10)19-14(17)9-18-13-3-1-2-11(16)8-13/h1-8H,9H2. The van der Waals surface area contributed by atoms with Crippen LogP contribution in [0.25, 0.3) is 0 Å². The summed E-state index contributed by atoms with van der Waals surface area (Å²) < 4.78 is 12.3. The van der Waals surface area contributed by atoms with E-state index in [0.717, 1.165) is 8.95 Å². The molecular formula is C14H10Br2O3. The molecule has 0 aliphatic heterocycles. The Labute approximate surface area is 127 Å². The molecule has 0 aromatic heterocycles. The van der Waals surface area contributed by atoms with Crippen molar-refractivity contribution in [3.05, 3.63) is 57.5 Å². The average Bonchev–Trinajstić information content (AvgIpc) is 2.39. The Morgan fingerprint density at radius 2 is 1.68 bits per heavy atom. The molecule has 0 spiro atoms. The number of benzene rings is 2. The van der Waals surface area contributed by atoms with Gasteiger partial charge in [0.05, 0.1) is 0 Å². The van der Waals surface area contributed by atoms with Gasteiger partial charge in [0.15, 0.2) is 6.61 Å². The van der Waals surface area contributed by atoms with Gasteiger partial charge >= 0.3 is 5.97 Å². The van der Waals surface area contributed by atoms with Gasteiger partial charge < -0.3 is 9.47 Å². The third-order valence-electron chi connectivity index (χ3n) is 2.20. The predicted octanol–water partition coefficient (Wildman–Crippen LogP) is 4.20. The number of ether oxygens (including phenoxy) is 2. The zero-order valence-electron chi connectivity index (χ0n) is 9.81. The van der Waals surface area contributed by atoms with Crippen LogP contribution in [0.4, 0.5) is 0 Å². The highest BCUT2D eigenvalue weighted by Crippen LogP contribution is 2.18. The van der Waals surface area contributed by atoms with Crippen molar-refractivity contribution in [2.45, 2.75) is 0 Å². The van der Waals surface area contributed by atoms with E-state index in [1.54, 1.807) is 36.4 Å². The molecule has 2 aromatic carbocycles. The molecule has 0 aliphatic rings. The minimum absolute atomic E-state index is 0.132. The fraction of sp³-hybridized carbons (Fsp3) is 0.0714. The molecule has 0 saturated heterocycles. The van der Waals surface area contributed by atoms with Crippen LogP contribution >= 0.6 is 31.9 Å². The van der Waals surface area contributed by atoms with E-state index < -0.39 is 5.97 Å². The van der Waals surface area contributed by atoms with E-state index in [4.69, 9.17) is 9.47 Å². The van der Waals surface area contributed by atoms with Crippen LogP contribution in [0.5, 0.6) is 11.5 Å². The van der Waals surface area contributed by atoms with Crippen molar-refractivity contribution < 1.29 is 14.3 Å². The lowest BCUT2D eigenvalue weighted by molar-refractivity contribution is -0.136. The molecule has 0 unspecified atom stereocenters. The van der Waals surface area contributed by atoms with Crippen LogP contribution in [-0.2, 0) is 4.79 Å². The molecular weight excluding hydrogens is 376 g/mol. The van der Waals surface area contributed by atoms with Crippen LogP contribution in [0.2, 0.25) is 0 Å². The second kappa shape index (κ2) is 6.73. The lowest BCUT2D eigenvalue weighted by Gasteiger charge is -2.07. The van der Waals surface area contributed by atoms with Crippen LogP contribution in [0.3, 0.4) is 0 Å². The van der Waals surface area contributed by atoms with Crippen molar-refractivity contribution in [2.75, 3.05) is 6.61 Å². The molecule has 0 amide bonds. The maximum atomic E-state index is 11.6. The summed E-state index contributed by atoms with van der Waals surface area (Å²) in [5.41, 5.74) is 0. The fourth-order valence-electron chi connectivity index (χ4n) is 1.36. The van der Waals surface area contributed by atoms with E-state index in [1.807, 2.05) is 12.1 Å². The van der Waals surface area contributed by atoms with Gasteiger partial charge in [0.2, 0.25) is 0 Å². The molecule has 0 N–H and O–H groups in total. The van der Waals surface area contributed by atoms with E-state index in [-0.39, 0.29) is 6.61 Å². The Balaban J connectivity index is 1.86. The van der Waals surface area contributed by atoms with Crippen LogP contribution in [0.15, 0.2) is 57.5 Å². The Morgan fingerprint density at radius 1 is 0.947 bits per heavy atom. The summed E-state index contributed by atoms with van der Waals surface area (Å²) in [6.07, 6.45) is 0. The van der Waals surface area contributed by atoms with Gasteiger partial charge in [-0.15, -0.1) is 0 Å². The molecule has 2 aromatic rings. The highest BCUT2D eigenvalue weighted by molar-refractivity contribution is 9.10. The molecule has 0 bridgehead atoms. The molecule has 2 rings (SSSR count). The van der Waals surface area contributed by atoms with E-state index >= 15 is 0 Å². The Morgan fingerprint density at radius 3 is 2.37 bits per heavy atom. The Hall–Kier alpha value is -1.33. The number of halogens is 2. The number of carbonyl (C=O) groups is 1. The lowest BCUT2D eigenvalue weighted by Crippen LogP contribution is -2.17. The summed E-state index contributed by atoms with van der Waals surface area (Å²) in [6, 6.07) is 14.3. The monoisotopic (exact) mass is 384 g/mol. The lowest BCUT2D eigenvalue weighted by atomic mass is 10.3. The van der Waals surface area contributed by atoms with Gasteiger partial charge in [0.1, 0.15) is 11.5 Å². The first-order chi connectivity index (χ1) is 9.13. The van der Waals surface area contributed by atoms with Crippen LogP contribution in [0.1, 0.15) is 0 Å². The third-order valence-corrected chi connectivity index (χ3v) is 3.22. The van der Waals surface area contributed by atoms with Gasteiger partial charge in [0.25, 0.3) is 0 Å². The summed E-state index contributed by atoms with van der Waals surface area (Å²) in [5, 5.41) is 0. The van der Waals surface area contributed by atoms with E-state index in [9.17, 15) is 4.79 Å². The molecule has 0 saturated carbocycles. The van der Waals surface area contributed by atoms with Crippen molar-refractivity contribution in [3.63, 3.8) is 0 Å². The molecule has 0 heterocycles. The summed E-state index contributed by atoms with van der Waals surface area (Å²) in [7, 11) is 0. The third kappa shape index (κ3) is 4.69. The minimum Gasteiger partial charge on any atom is -0.482 e. The van der Waals surface area contributed by atoms with Crippen molar-refractivity contribution in [1.82, 2.24) is 0 Å². The zero-order chi connectivity index (χ0) is 13.7. The van der Waals surface area contributed by atoms with Gasteiger partial charge in [0, 0.05) is 8.95 Å². The number of esters is 1. The quantitative estimate of drug-likeness (QED) is 0.584. The van der Waals surface area contributed by atoms with Crippen molar-refractivity contribution in [1.29, 1.82) is 0 Å². The minimum atomic E-state index is -0.442. The fourth-order valence-corrected chi connectivity index (χ4v) is 2.01. The number of rotatable bonds is 4. The number of hydrogen-bond acceptors (Lipinski definition) is 3. The first-order valence-electron chi connectivity index (χ1n) is 5.48. The van der Waals surface area contributed by atoms with Crippen LogP contribution in [0, 0.1) is 0 Å². The molecule has 3 nitrogen and oxygen atoms in total. The van der Waals surface area contributed by atoms with Gasteiger partial charge in [-0.2, -0.15) is 0 Å². The normalized spacial score (nSPS) is 10.0. The zero-order valence-corrected chi connectivity index (χ0v) is 13.0. The average molecular weight is 386 g/mol. The van der Waals surface area contributed by atoms with E-state index in [0.29, 0.717) is 11.5 Å². The molecule has 0 radical (unpaired) electrons. The highest BCUT2D eigenvalue weighted by Gasteiger charge is 2.06. The molecule has 98 valence electrons. The van der Waals surface area contributed by atoms with Crippen molar-refractivity contribution in [3.8, 4) is 11.5 Å². The second-order valence-corrected chi connectivity index (χ2v) is 5.51. The molecule has 0 atom stereocenters. The van der Waals surface area contributed by atoms with Crippen molar-refractivity contribution in [2.24, 2.45) is 0 Å². The summed E-state index contributed by atoms with van der Waals surface area (Å²) in [6.45, 7) is -0.132. The second-order valence-electron chi connectivity index (χ2n) is 3.67. The summed E-state index contributed by atoms with van der Waals surface area (Å²) in [5.74, 6) is 0.662. The number of hydrogen-bond donors (Lipinski definition) is 0. The Kier molecular flexibility index (Phi) is 4.99. The smallest absolute Gasteiger partial charge is 0.349 e. The van der Waals surface area contributed by atoms with Gasteiger partial charge in [-0.25, -0.2) is 4.79 Å². The van der Waals surface area contributed by atoms with Crippen LogP contribution in [-0.4, -0.2) is 12.6 Å². The maximum absolute atomic E-state index is 11.6. The van der Waals surface area contributed by atoms with Gasteiger partial charge in [-0.05, 0) is 42.5 Å². The molecule has 5 heteroatoms. The SMILES string of the molecule is O=C(COc1cccc(Br)c1)Oc1ccc(Br)cc1.